The molecule has 2 aromatic carbocycles. The number of aromatic nitrogens is 2. The summed E-state index contributed by atoms with van der Waals surface area (Å²) in [7, 11) is 1.54. The topological polar surface area (TPSA) is 84.3 Å². The number of halogens is 2. The maximum atomic E-state index is 13.4. The SMILES string of the molecule is Cc1cc(Cl)c(-n2ncccc2=O)cc1CC(=O)C1=CN(C)C(=O)N[C@H]1c1ccc(F)cc1. The molecule has 3 aromatic rings. The van der Waals surface area contributed by atoms with Crippen LogP contribution in [0.3, 0.4) is 0 Å². The van der Waals surface area contributed by atoms with E-state index in [1.165, 1.54) is 58.4 Å². The Morgan fingerprint density at radius 1 is 1.18 bits per heavy atom. The van der Waals surface area contributed by atoms with Crippen LogP contribution in [-0.4, -0.2) is 33.5 Å². The van der Waals surface area contributed by atoms with E-state index in [4.69, 9.17) is 11.6 Å². The standard InChI is InChI=1S/C24H20ClFN4O3/c1-14-10-19(25)20(30-22(32)4-3-9-27-30)11-16(14)12-21(31)18-13-29(2)24(33)28-23(18)15-5-7-17(26)8-6-15/h3-11,13,23H,12H2,1-2H3,(H,28,33)/t23-/m0/s1. The number of hydrogen-bond acceptors (Lipinski definition) is 4. The maximum Gasteiger partial charge on any atom is 0.321 e. The zero-order valence-electron chi connectivity index (χ0n) is 17.9. The molecule has 1 atom stereocenters. The first-order valence-corrected chi connectivity index (χ1v) is 10.5. The van der Waals surface area contributed by atoms with Gasteiger partial charge in [0.05, 0.1) is 16.8 Å². The van der Waals surface area contributed by atoms with E-state index in [-0.39, 0.29) is 23.8 Å². The van der Waals surface area contributed by atoms with Gasteiger partial charge < -0.3 is 10.2 Å². The number of carbonyl (C=O) groups excluding carboxylic acids is 2. The van der Waals surface area contributed by atoms with Gasteiger partial charge in [-0.15, -0.1) is 0 Å². The number of amides is 2. The molecule has 2 heterocycles. The van der Waals surface area contributed by atoms with Crippen LogP contribution in [0.15, 0.2) is 71.3 Å². The van der Waals surface area contributed by atoms with Gasteiger partial charge in [0.2, 0.25) is 0 Å². The minimum atomic E-state index is -0.715. The Balaban J connectivity index is 1.70. The molecule has 0 unspecified atom stereocenters. The van der Waals surface area contributed by atoms with Crippen LogP contribution >= 0.6 is 11.6 Å². The molecule has 0 aliphatic carbocycles. The molecule has 0 saturated heterocycles. The lowest BCUT2D eigenvalue weighted by molar-refractivity contribution is -0.115. The molecule has 1 aromatic heterocycles. The van der Waals surface area contributed by atoms with Crippen molar-refractivity contribution in [1.29, 1.82) is 0 Å². The van der Waals surface area contributed by atoms with Crippen LogP contribution < -0.4 is 10.9 Å². The highest BCUT2D eigenvalue weighted by Crippen LogP contribution is 2.29. The summed E-state index contributed by atoms with van der Waals surface area (Å²) in [5, 5.41) is 7.18. The Morgan fingerprint density at radius 3 is 2.61 bits per heavy atom. The summed E-state index contributed by atoms with van der Waals surface area (Å²) in [6.45, 7) is 1.82. The van der Waals surface area contributed by atoms with Crippen LogP contribution in [0.5, 0.6) is 0 Å². The Labute approximate surface area is 194 Å². The summed E-state index contributed by atoms with van der Waals surface area (Å²) in [5.74, 6) is -0.648. The first-order chi connectivity index (χ1) is 15.7. The van der Waals surface area contributed by atoms with E-state index in [0.717, 1.165) is 5.56 Å². The maximum absolute atomic E-state index is 13.4. The number of urea groups is 1. The van der Waals surface area contributed by atoms with Crippen molar-refractivity contribution in [2.75, 3.05) is 7.05 Å². The zero-order chi connectivity index (χ0) is 23.7. The Bertz CT molecular complexity index is 1330. The molecule has 0 spiro atoms. The molecule has 7 nitrogen and oxygen atoms in total. The molecule has 9 heteroatoms. The van der Waals surface area contributed by atoms with Gasteiger partial charge in [-0.2, -0.15) is 9.78 Å². The predicted molar refractivity (Wildman–Crippen MR) is 122 cm³/mol. The van der Waals surface area contributed by atoms with E-state index in [1.807, 2.05) is 6.92 Å². The summed E-state index contributed by atoms with van der Waals surface area (Å²) in [5.41, 5.74) is 2.40. The van der Waals surface area contributed by atoms with E-state index in [0.29, 0.717) is 27.4 Å². The molecule has 2 amide bonds. The van der Waals surface area contributed by atoms with Crippen molar-refractivity contribution in [3.8, 4) is 5.69 Å². The van der Waals surface area contributed by atoms with E-state index >= 15 is 0 Å². The summed E-state index contributed by atoms with van der Waals surface area (Å²) < 4.78 is 14.6. The van der Waals surface area contributed by atoms with Crippen molar-refractivity contribution in [1.82, 2.24) is 20.0 Å². The molecular formula is C24H20ClFN4O3. The molecule has 168 valence electrons. The van der Waals surface area contributed by atoms with Gasteiger partial charge >= 0.3 is 6.03 Å². The Kier molecular flexibility index (Phi) is 6.11. The quantitative estimate of drug-likeness (QED) is 0.621. The predicted octanol–water partition coefficient (Wildman–Crippen LogP) is 3.73. The number of Topliss-reactive ketones (excluding diaryl/α,β-unsaturated/α-hetero) is 1. The number of benzene rings is 2. The van der Waals surface area contributed by atoms with Gasteiger partial charge in [-0.1, -0.05) is 23.7 Å². The first-order valence-electron chi connectivity index (χ1n) is 10.1. The summed E-state index contributed by atoms with van der Waals surface area (Å²) in [4.78, 5) is 39.1. The van der Waals surface area contributed by atoms with Gasteiger partial charge in [-0.3, -0.25) is 9.59 Å². The Hall–Kier alpha value is -3.78. The van der Waals surface area contributed by atoms with Gasteiger partial charge in [-0.05, 0) is 53.9 Å². The van der Waals surface area contributed by atoms with Crippen LogP contribution in [0, 0.1) is 12.7 Å². The number of rotatable bonds is 5. The van der Waals surface area contributed by atoms with Gasteiger partial charge in [0, 0.05) is 37.5 Å². The smallest absolute Gasteiger partial charge is 0.321 e. The van der Waals surface area contributed by atoms with Gasteiger partial charge in [0.1, 0.15) is 5.82 Å². The molecule has 4 rings (SSSR count). The second-order valence-electron chi connectivity index (χ2n) is 7.73. The Morgan fingerprint density at radius 2 is 1.91 bits per heavy atom. The van der Waals surface area contributed by atoms with E-state index in [2.05, 4.69) is 10.4 Å². The third kappa shape index (κ3) is 4.56. The number of nitrogens with one attached hydrogen (secondary N) is 1. The average molecular weight is 467 g/mol. The second kappa shape index (κ2) is 8.99. The van der Waals surface area contributed by atoms with Crippen molar-refractivity contribution in [2.24, 2.45) is 0 Å². The molecule has 0 fully saturated rings. The number of carbonyl (C=O) groups is 2. The lowest BCUT2D eigenvalue weighted by Gasteiger charge is -2.30. The molecule has 0 bridgehead atoms. The lowest BCUT2D eigenvalue weighted by atomic mass is 9.91. The number of ketones is 1. The van der Waals surface area contributed by atoms with Crippen LogP contribution in [0.4, 0.5) is 9.18 Å². The zero-order valence-corrected chi connectivity index (χ0v) is 18.6. The van der Waals surface area contributed by atoms with E-state index in [9.17, 15) is 18.8 Å². The lowest BCUT2D eigenvalue weighted by Crippen LogP contribution is -2.43. The molecule has 1 aliphatic heterocycles. The fourth-order valence-electron chi connectivity index (χ4n) is 3.67. The molecule has 1 N–H and O–H groups in total. The van der Waals surface area contributed by atoms with Gasteiger partial charge in [-0.25, -0.2) is 9.18 Å². The fourth-order valence-corrected chi connectivity index (χ4v) is 3.97. The molecule has 0 saturated carbocycles. The van der Waals surface area contributed by atoms with Crippen LogP contribution in [0.2, 0.25) is 5.02 Å². The largest absolute Gasteiger partial charge is 0.327 e. The second-order valence-corrected chi connectivity index (χ2v) is 8.14. The first kappa shape index (κ1) is 22.4. The third-order valence-electron chi connectivity index (χ3n) is 5.46. The van der Waals surface area contributed by atoms with Crippen LogP contribution in [0.1, 0.15) is 22.7 Å². The van der Waals surface area contributed by atoms with Crippen molar-refractivity contribution in [2.45, 2.75) is 19.4 Å². The molecule has 0 radical (unpaired) electrons. The van der Waals surface area contributed by atoms with Crippen molar-refractivity contribution in [3.05, 3.63) is 104 Å². The van der Waals surface area contributed by atoms with E-state index < -0.39 is 11.9 Å². The highest BCUT2D eigenvalue weighted by atomic mass is 35.5. The minimum Gasteiger partial charge on any atom is -0.327 e. The summed E-state index contributed by atoms with van der Waals surface area (Å²) in [6, 6.07) is 10.8. The van der Waals surface area contributed by atoms with E-state index in [1.54, 1.807) is 19.2 Å². The van der Waals surface area contributed by atoms with Crippen LogP contribution in [-0.2, 0) is 11.2 Å². The monoisotopic (exact) mass is 466 g/mol. The highest BCUT2D eigenvalue weighted by molar-refractivity contribution is 6.32. The fraction of sp³-hybridized carbons (Fsp3) is 0.167. The van der Waals surface area contributed by atoms with Crippen molar-refractivity contribution >= 4 is 23.4 Å². The molecule has 1 aliphatic rings. The van der Waals surface area contributed by atoms with Crippen molar-refractivity contribution < 1.29 is 14.0 Å². The van der Waals surface area contributed by atoms with Crippen LogP contribution in [0.25, 0.3) is 5.69 Å². The number of nitrogens with zero attached hydrogens (tertiary/aromatic N) is 3. The number of aryl methyl sites for hydroxylation is 1. The average Bonchev–Trinajstić information content (AvgIpc) is 2.78. The molecule has 33 heavy (non-hydrogen) atoms. The normalized spacial score (nSPS) is 15.8. The van der Waals surface area contributed by atoms with Gasteiger partial charge in [0.15, 0.2) is 5.78 Å². The summed E-state index contributed by atoms with van der Waals surface area (Å²) >= 11 is 6.36. The van der Waals surface area contributed by atoms with Crippen molar-refractivity contribution in [3.63, 3.8) is 0 Å². The highest BCUT2D eigenvalue weighted by Gasteiger charge is 2.30. The van der Waals surface area contributed by atoms with Gasteiger partial charge in [0.25, 0.3) is 5.56 Å². The third-order valence-corrected chi connectivity index (χ3v) is 5.76. The summed E-state index contributed by atoms with van der Waals surface area (Å²) in [6.07, 6.45) is 2.97. The minimum absolute atomic E-state index is 0.00479. The molecular weight excluding hydrogens is 447 g/mol. The number of hydrogen-bond donors (Lipinski definition) is 1.